The minimum Gasteiger partial charge on any atom is -0.462 e. The number of carbonyl (C=O) groups excluding carboxylic acids is 2. The second-order valence-corrected chi connectivity index (χ2v) is 6.43. The van der Waals surface area contributed by atoms with Gasteiger partial charge < -0.3 is 9.64 Å². The van der Waals surface area contributed by atoms with Crippen molar-refractivity contribution in [3.8, 4) is 0 Å². The summed E-state index contributed by atoms with van der Waals surface area (Å²) in [5.41, 5.74) is 1.53. The highest BCUT2D eigenvalue weighted by Crippen LogP contribution is 2.17. The number of nitrogens with one attached hydrogen (secondary N) is 1. The van der Waals surface area contributed by atoms with Crippen LogP contribution in [0.4, 0.5) is 10.6 Å². The van der Waals surface area contributed by atoms with Gasteiger partial charge >= 0.3 is 12.0 Å². The summed E-state index contributed by atoms with van der Waals surface area (Å²) >= 11 is 0. The van der Waals surface area contributed by atoms with Crippen LogP contribution in [-0.4, -0.2) is 64.4 Å². The molecule has 0 radical (unpaired) electrons. The molecule has 3 rings (SSSR count). The molecular formula is C19H25N5O3. The summed E-state index contributed by atoms with van der Waals surface area (Å²) in [6.07, 6.45) is 1.41. The third kappa shape index (κ3) is 4.65. The van der Waals surface area contributed by atoms with Crippen molar-refractivity contribution in [3.05, 3.63) is 47.7 Å². The van der Waals surface area contributed by atoms with Gasteiger partial charge in [-0.3, -0.25) is 14.9 Å². The van der Waals surface area contributed by atoms with Gasteiger partial charge in [0.15, 0.2) is 0 Å². The van der Waals surface area contributed by atoms with Crippen LogP contribution in [-0.2, 0) is 18.3 Å². The molecule has 0 spiro atoms. The zero-order valence-corrected chi connectivity index (χ0v) is 15.7. The fourth-order valence-corrected chi connectivity index (χ4v) is 3.08. The van der Waals surface area contributed by atoms with E-state index in [0.29, 0.717) is 18.9 Å². The molecule has 0 saturated carbocycles. The highest BCUT2D eigenvalue weighted by Gasteiger charge is 2.24. The molecule has 8 nitrogen and oxygen atoms in total. The van der Waals surface area contributed by atoms with E-state index in [1.54, 1.807) is 18.9 Å². The molecule has 8 heteroatoms. The van der Waals surface area contributed by atoms with Gasteiger partial charge in [0.05, 0.1) is 12.8 Å². The van der Waals surface area contributed by atoms with E-state index in [9.17, 15) is 9.59 Å². The van der Waals surface area contributed by atoms with Crippen LogP contribution in [0.15, 0.2) is 36.5 Å². The fourth-order valence-electron chi connectivity index (χ4n) is 3.08. The first-order chi connectivity index (χ1) is 13.1. The monoisotopic (exact) mass is 371 g/mol. The zero-order valence-electron chi connectivity index (χ0n) is 15.7. The number of piperazine rings is 1. The number of nitrogens with zero attached hydrogens (tertiary/aromatic N) is 4. The van der Waals surface area contributed by atoms with Gasteiger partial charge in [-0.25, -0.2) is 9.59 Å². The van der Waals surface area contributed by atoms with Crippen molar-refractivity contribution in [3.63, 3.8) is 0 Å². The number of benzene rings is 1. The lowest BCUT2D eigenvalue weighted by Gasteiger charge is -2.34. The number of carbonyl (C=O) groups is 2. The van der Waals surface area contributed by atoms with E-state index in [1.807, 2.05) is 18.2 Å². The molecular weight excluding hydrogens is 346 g/mol. The highest BCUT2D eigenvalue weighted by atomic mass is 16.5. The Morgan fingerprint density at radius 2 is 1.85 bits per heavy atom. The molecule has 144 valence electrons. The SMILES string of the molecule is CCOC(=O)c1cnn(C)c1NC(=O)N1CCN(Cc2ccccc2)CC1. The predicted molar refractivity (Wildman–Crippen MR) is 101 cm³/mol. The summed E-state index contributed by atoms with van der Waals surface area (Å²) in [6.45, 7) is 5.75. The first kappa shape index (κ1) is 18.9. The predicted octanol–water partition coefficient (Wildman–Crippen LogP) is 1.95. The normalized spacial score (nSPS) is 14.8. The summed E-state index contributed by atoms with van der Waals surface area (Å²) < 4.78 is 6.48. The molecule has 2 aromatic rings. The average Bonchev–Trinajstić information content (AvgIpc) is 3.04. The van der Waals surface area contributed by atoms with Gasteiger partial charge in [0.2, 0.25) is 0 Å². The van der Waals surface area contributed by atoms with Gasteiger partial charge in [-0.05, 0) is 12.5 Å². The number of aryl methyl sites for hydroxylation is 1. The van der Waals surface area contributed by atoms with Crippen LogP contribution in [0.3, 0.4) is 0 Å². The lowest BCUT2D eigenvalue weighted by atomic mass is 10.2. The van der Waals surface area contributed by atoms with Crippen LogP contribution in [0.5, 0.6) is 0 Å². The van der Waals surface area contributed by atoms with Crippen LogP contribution in [0.1, 0.15) is 22.8 Å². The number of amides is 2. The molecule has 0 bridgehead atoms. The molecule has 1 aromatic heterocycles. The van der Waals surface area contributed by atoms with Crippen LogP contribution >= 0.6 is 0 Å². The van der Waals surface area contributed by atoms with Gasteiger partial charge in [0.1, 0.15) is 11.4 Å². The van der Waals surface area contributed by atoms with Gasteiger partial charge in [0, 0.05) is 39.8 Å². The smallest absolute Gasteiger partial charge is 0.343 e. The summed E-state index contributed by atoms with van der Waals surface area (Å²) in [7, 11) is 1.68. The maximum absolute atomic E-state index is 12.6. The van der Waals surface area contributed by atoms with E-state index in [2.05, 4.69) is 27.4 Å². The quantitative estimate of drug-likeness (QED) is 0.813. The molecule has 1 aromatic carbocycles. The molecule has 27 heavy (non-hydrogen) atoms. The summed E-state index contributed by atoms with van der Waals surface area (Å²) in [4.78, 5) is 28.7. The van der Waals surface area contributed by atoms with Crippen LogP contribution < -0.4 is 5.32 Å². The third-order valence-electron chi connectivity index (χ3n) is 4.57. The molecule has 1 aliphatic heterocycles. The number of aromatic nitrogens is 2. The maximum atomic E-state index is 12.6. The van der Waals surface area contributed by atoms with Crippen molar-refractivity contribution in [2.24, 2.45) is 7.05 Å². The average molecular weight is 371 g/mol. The van der Waals surface area contributed by atoms with Gasteiger partial charge in [-0.2, -0.15) is 5.10 Å². The third-order valence-corrected chi connectivity index (χ3v) is 4.57. The molecule has 0 unspecified atom stereocenters. The van der Waals surface area contributed by atoms with E-state index >= 15 is 0 Å². The Balaban J connectivity index is 1.56. The number of hydrogen-bond acceptors (Lipinski definition) is 5. The van der Waals surface area contributed by atoms with Crippen LogP contribution in [0.25, 0.3) is 0 Å². The lowest BCUT2D eigenvalue weighted by molar-refractivity contribution is 0.0527. The molecule has 1 N–H and O–H groups in total. The van der Waals surface area contributed by atoms with E-state index in [4.69, 9.17) is 4.74 Å². The van der Waals surface area contributed by atoms with Crippen LogP contribution in [0.2, 0.25) is 0 Å². The first-order valence-corrected chi connectivity index (χ1v) is 9.09. The van der Waals surface area contributed by atoms with Crippen molar-refractivity contribution in [2.75, 3.05) is 38.1 Å². The van der Waals surface area contributed by atoms with Crippen molar-refractivity contribution in [2.45, 2.75) is 13.5 Å². The molecule has 0 aliphatic carbocycles. The molecule has 1 fully saturated rings. The Kier molecular flexibility index (Phi) is 6.08. The van der Waals surface area contributed by atoms with Crippen molar-refractivity contribution in [1.82, 2.24) is 19.6 Å². The van der Waals surface area contributed by atoms with Crippen molar-refractivity contribution >= 4 is 17.8 Å². The van der Waals surface area contributed by atoms with E-state index in [1.165, 1.54) is 16.4 Å². The Bertz CT molecular complexity index is 782. The Hall–Kier alpha value is -2.87. The van der Waals surface area contributed by atoms with Gasteiger partial charge in [-0.15, -0.1) is 0 Å². The second-order valence-electron chi connectivity index (χ2n) is 6.43. The first-order valence-electron chi connectivity index (χ1n) is 9.09. The van der Waals surface area contributed by atoms with Crippen molar-refractivity contribution < 1.29 is 14.3 Å². The summed E-state index contributed by atoms with van der Waals surface area (Å²) in [6, 6.07) is 10.1. The van der Waals surface area contributed by atoms with E-state index < -0.39 is 5.97 Å². The number of esters is 1. The number of rotatable bonds is 5. The molecule has 1 aliphatic rings. The van der Waals surface area contributed by atoms with Gasteiger partial charge in [0.25, 0.3) is 0 Å². The second kappa shape index (κ2) is 8.68. The molecule has 2 heterocycles. The molecule has 0 atom stereocenters. The lowest BCUT2D eigenvalue weighted by Crippen LogP contribution is -2.49. The van der Waals surface area contributed by atoms with E-state index in [-0.39, 0.29) is 18.2 Å². The Labute approximate surface area is 158 Å². The fraction of sp³-hybridized carbons (Fsp3) is 0.421. The molecule has 2 amide bonds. The topological polar surface area (TPSA) is 79.7 Å². The Morgan fingerprint density at radius 3 is 2.52 bits per heavy atom. The summed E-state index contributed by atoms with van der Waals surface area (Å²) in [5, 5.41) is 6.85. The number of hydrogen-bond donors (Lipinski definition) is 1. The van der Waals surface area contributed by atoms with Crippen LogP contribution in [0, 0.1) is 0 Å². The Morgan fingerprint density at radius 1 is 1.15 bits per heavy atom. The number of ether oxygens (including phenoxy) is 1. The maximum Gasteiger partial charge on any atom is 0.343 e. The molecule has 1 saturated heterocycles. The van der Waals surface area contributed by atoms with E-state index in [0.717, 1.165) is 19.6 Å². The standard InChI is InChI=1S/C19H25N5O3/c1-3-27-18(25)16-13-20-22(2)17(16)21-19(26)24-11-9-23(10-12-24)14-15-7-5-4-6-8-15/h4-8,13H,3,9-12,14H2,1-2H3,(H,21,26). The highest BCUT2D eigenvalue weighted by molar-refractivity contribution is 5.99. The minimum absolute atomic E-state index is 0.233. The number of urea groups is 1. The summed E-state index contributed by atoms with van der Waals surface area (Å²) in [5.74, 6) is -0.140. The minimum atomic E-state index is -0.492. The largest absolute Gasteiger partial charge is 0.462 e. The van der Waals surface area contributed by atoms with Crippen molar-refractivity contribution in [1.29, 1.82) is 0 Å². The van der Waals surface area contributed by atoms with Gasteiger partial charge in [-0.1, -0.05) is 30.3 Å². The number of anilines is 1. The zero-order chi connectivity index (χ0) is 19.2.